The molecule has 20 heavy (non-hydrogen) atoms. The highest BCUT2D eigenvalue weighted by Gasteiger charge is 2.20. The molecule has 1 aromatic rings. The lowest BCUT2D eigenvalue weighted by Gasteiger charge is -2.20. The van der Waals surface area contributed by atoms with Crippen LogP contribution in [-0.2, 0) is 0 Å². The second kappa shape index (κ2) is 6.51. The summed E-state index contributed by atoms with van der Waals surface area (Å²) in [5.41, 5.74) is -0.236. The molecule has 1 amide bonds. The van der Waals surface area contributed by atoms with E-state index in [0.717, 1.165) is 19.6 Å². The van der Waals surface area contributed by atoms with Crippen molar-refractivity contribution in [3.8, 4) is 0 Å². The van der Waals surface area contributed by atoms with E-state index in [1.54, 1.807) is 0 Å². The number of carbonyl (C=O) groups excluding carboxylic acids is 1. The summed E-state index contributed by atoms with van der Waals surface area (Å²) in [5, 5.41) is 11.7. The lowest BCUT2D eigenvalue weighted by Crippen LogP contribution is -2.35. The van der Waals surface area contributed by atoms with Crippen LogP contribution >= 0.6 is 0 Å². The predicted molar refractivity (Wildman–Crippen MR) is 72.7 cm³/mol. The Morgan fingerprint density at radius 1 is 1.50 bits per heavy atom. The molecule has 0 bridgehead atoms. The molecule has 2 rings (SSSR count). The van der Waals surface area contributed by atoms with Gasteiger partial charge in [-0.05, 0) is 31.8 Å². The van der Waals surface area contributed by atoms with E-state index < -0.39 is 11.9 Å². The van der Waals surface area contributed by atoms with Crippen molar-refractivity contribution in [2.45, 2.75) is 19.8 Å². The van der Waals surface area contributed by atoms with Gasteiger partial charge in [-0.15, -0.1) is 0 Å². The van der Waals surface area contributed by atoms with E-state index >= 15 is 0 Å². The largest absolute Gasteiger partial charge is 0.477 e. The standard InChI is InChI=1S/C13H20N4O3/c1-9(7-17-4-2-3-5-17)6-14-12(18)10-11(13(19)20)16-8-15-10/h8-9H,2-7H2,1H3,(H,14,18)(H,15,16)(H,19,20). The van der Waals surface area contributed by atoms with Gasteiger partial charge in [0.2, 0.25) is 0 Å². The van der Waals surface area contributed by atoms with Crippen molar-refractivity contribution >= 4 is 11.9 Å². The Labute approximate surface area is 117 Å². The number of carboxylic acids is 1. The molecule has 1 aliphatic rings. The van der Waals surface area contributed by atoms with Crippen molar-refractivity contribution in [2.24, 2.45) is 5.92 Å². The minimum absolute atomic E-state index is 0.0640. The molecule has 0 spiro atoms. The normalized spacial score (nSPS) is 17.1. The summed E-state index contributed by atoms with van der Waals surface area (Å²) >= 11 is 0. The van der Waals surface area contributed by atoms with Gasteiger partial charge in [0.25, 0.3) is 5.91 Å². The summed E-state index contributed by atoms with van der Waals surface area (Å²) in [6, 6.07) is 0. The number of imidazole rings is 1. The second-order valence-corrected chi connectivity index (χ2v) is 5.25. The van der Waals surface area contributed by atoms with Gasteiger partial charge in [-0.3, -0.25) is 4.79 Å². The molecule has 2 heterocycles. The Kier molecular flexibility index (Phi) is 4.73. The second-order valence-electron chi connectivity index (χ2n) is 5.25. The van der Waals surface area contributed by atoms with Crippen LogP contribution in [-0.4, -0.2) is 58.0 Å². The number of aromatic carboxylic acids is 1. The van der Waals surface area contributed by atoms with E-state index in [9.17, 15) is 9.59 Å². The maximum Gasteiger partial charge on any atom is 0.354 e. The molecule has 1 aliphatic heterocycles. The lowest BCUT2D eigenvalue weighted by molar-refractivity contribution is 0.0685. The quantitative estimate of drug-likeness (QED) is 0.707. The van der Waals surface area contributed by atoms with E-state index in [2.05, 4.69) is 27.1 Å². The molecule has 110 valence electrons. The maximum atomic E-state index is 11.9. The molecule has 1 saturated heterocycles. The first-order valence-corrected chi connectivity index (χ1v) is 6.85. The summed E-state index contributed by atoms with van der Waals surface area (Å²) in [6.07, 6.45) is 3.70. The van der Waals surface area contributed by atoms with Crippen molar-refractivity contribution in [3.05, 3.63) is 17.7 Å². The van der Waals surface area contributed by atoms with Gasteiger partial charge in [-0.1, -0.05) is 6.92 Å². The molecule has 7 nitrogen and oxygen atoms in total. The number of hydrogen-bond donors (Lipinski definition) is 3. The summed E-state index contributed by atoms with van der Waals surface area (Å²) in [7, 11) is 0. The van der Waals surface area contributed by atoms with Crippen molar-refractivity contribution in [1.29, 1.82) is 0 Å². The number of H-pyrrole nitrogens is 1. The molecule has 0 radical (unpaired) electrons. The Hall–Kier alpha value is -1.89. The highest BCUT2D eigenvalue weighted by atomic mass is 16.4. The smallest absolute Gasteiger partial charge is 0.354 e. The van der Waals surface area contributed by atoms with Gasteiger partial charge in [0, 0.05) is 13.1 Å². The first-order valence-electron chi connectivity index (χ1n) is 6.85. The molecule has 1 aromatic heterocycles. The van der Waals surface area contributed by atoms with Crippen LogP contribution in [0.15, 0.2) is 6.33 Å². The number of amides is 1. The van der Waals surface area contributed by atoms with Crippen LogP contribution in [0.25, 0.3) is 0 Å². The highest BCUT2D eigenvalue weighted by molar-refractivity contribution is 6.02. The van der Waals surface area contributed by atoms with E-state index in [1.807, 2.05) is 0 Å². The number of nitrogens with zero attached hydrogens (tertiary/aromatic N) is 2. The zero-order valence-electron chi connectivity index (χ0n) is 11.6. The van der Waals surface area contributed by atoms with Gasteiger partial charge in [-0.2, -0.15) is 0 Å². The number of aromatic amines is 1. The molecule has 1 atom stereocenters. The van der Waals surface area contributed by atoms with Crippen molar-refractivity contribution < 1.29 is 14.7 Å². The van der Waals surface area contributed by atoms with E-state index in [-0.39, 0.29) is 11.4 Å². The number of nitrogens with one attached hydrogen (secondary N) is 2. The number of carboxylic acid groups (broad SMARTS) is 1. The Bertz CT molecular complexity index is 480. The van der Waals surface area contributed by atoms with Crippen LogP contribution < -0.4 is 5.32 Å². The molecule has 1 unspecified atom stereocenters. The maximum absolute atomic E-state index is 11.9. The van der Waals surface area contributed by atoms with E-state index in [0.29, 0.717) is 12.5 Å². The molecule has 7 heteroatoms. The first kappa shape index (κ1) is 14.5. The third-order valence-electron chi connectivity index (χ3n) is 3.45. The molecule has 1 fully saturated rings. The summed E-state index contributed by atoms with van der Waals surface area (Å²) in [6.45, 7) is 5.79. The van der Waals surface area contributed by atoms with Crippen molar-refractivity contribution in [2.75, 3.05) is 26.2 Å². The van der Waals surface area contributed by atoms with E-state index in [4.69, 9.17) is 5.11 Å². The third-order valence-corrected chi connectivity index (χ3v) is 3.45. The van der Waals surface area contributed by atoms with Crippen LogP contribution in [0.1, 0.15) is 40.7 Å². The Morgan fingerprint density at radius 2 is 2.20 bits per heavy atom. The zero-order chi connectivity index (χ0) is 14.5. The van der Waals surface area contributed by atoms with Gasteiger partial charge >= 0.3 is 5.97 Å². The monoisotopic (exact) mass is 280 g/mol. The minimum atomic E-state index is -1.18. The zero-order valence-corrected chi connectivity index (χ0v) is 11.6. The fraction of sp³-hybridized carbons (Fsp3) is 0.615. The predicted octanol–water partition coefficient (Wildman–Crippen LogP) is 0.570. The fourth-order valence-corrected chi connectivity index (χ4v) is 2.45. The average molecular weight is 280 g/mol. The number of aromatic nitrogens is 2. The van der Waals surface area contributed by atoms with Crippen LogP contribution in [0.5, 0.6) is 0 Å². The number of carbonyl (C=O) groups is 2. The fourth-order valence-electron chi connectivity index (χ4n) is 2.45. The van der Waals surface area contributed by atoms with Crippen LogP contribution in [0, 0.1) is 5.92 Å². The minimum Gasteiger partial charge on any atom is -0.477 e. The van der Waals surface area contributed by atoms with E-state index in [1.165, 1.54) is 19.2 Å². The first-order chi connectivity index (χ1) is 9.58. The van der Waals surface area contributed by atoms with Gasteiger partial charge < -0.3 is 20.3 Å². The van der Waals surface area contributed by atoms with Gasteiger partial charge in [0.05, 0.1) is 6.33 Å². The topological polar surface area (TPSA) is 98.3 Å². The number of rotatable bonds is 6. The lowest BCUT2D eigenvalue weighted by atomic mass is 10.1. The third kappa shape index (κ3) is 3.57. The van der Waals surface area contributed by atoms with Crippen LogP contribution in [0.3, 0.4) is 0 Å². The van der Waals surface area contributed by atoms with Crippen LogP contribution in [0.2, 0.25) is 0 Å². The van der Waals surface area contributed by atoms with Crippen molar-refractivity contribution in [1.82, 2.24) is 20.2 Å². The summed E-state index contributed by atoms with van der Waals surface area (Å²) in [5.74, 6) is -1.31. The Morgan fingerprint density at radius 3 is 2.85 bits per heavy atom. The van der Waals surface area contributed by atoms with Crippen LogP contribution in [0.4, 0.5) is 0 Å². The van der Waals surface area contributed by atoms with Gasteiger partial charge in [-0.25, -0.2) is 9.78 Å². The summed E-state index contributed by atoms with van der Waals surface area (Å²) < 4.78 is 0. The molecule has 0 aliphatic carbocycles. The molecule has 3 N–H and O–H groups in total. The molecular weight excluding hydrogens is 260 g/mol. The van der Waals surface area contributed by atoms with Gasteiger partial charge in [0.1, 0.15) is 0 Å². The molecule has 0 saturated carbocycles. The number of hydrogen-bond acceptors (Lipinski definition) is 4. The Balaban J connectivity index is 1.82. The van der Waals surface area contributed by atoms with Gasteiger partial charge in [0.15, 0.2) is 11.4 Å². The SMILES string of the molecule is CC(CNC(=O)c1nc[nH]c1C(=O)O)CN1CCCC1. The van der Waals surface area contributed by atoms with Crippen molar-refractivity contribution in [3.63, 3.8) is 0 Å². The number of likely N-dealkylation sites (tertiary alicyclic amines) is 1. The average Bonchev–Trinajstić information content (AvgIpc) is 3.06. The highest BCUT2D eigenvalue weighted by Crippen LogP contribution is 2.10. The molecule has 0 aromatic carbocycles. The molecular formula is C13H20N4O3. The summed E-state index contributed by atoms with van der Waals surface area (Å²) in [4.78, 5) is 31.4.